The second-order valence-corrected chi connectivity index (χ2v) is 7.23. The normalized spacial score (nSPS) is 14.6. The van der Waals surface area contributed by atoms with Gasteiger partial charge in [-0.3, -0.25) is 0 Å². The number of carbonyl (C=O) groups is 2. The number of carboxylic acid groups (broad SMARTS) is 1. The number of hydrogen-bond donors (Lipinski definition) is 2. The van der Waals surface area contributed by atoms with Gasteiger partial charge in [-0.05, 0) is 48.7 Å². The Labute approximate surface area is 165 Å². The molecule has 1 fully saturated rings. The minimum atomic E-state index is -0.957. The van der Waals surface area contributed by atoms with Crippen LogP contribution in [-0.2, 0) is 6.54 Å². The van der Waals surface area contributed by atoms with Crippen LogP contribution in [0.4, 0.5) is 4.79 Å². The van der Waals surface area contributed by atoms with Crippen LogP contribution in [0.1, 0.15) is 39.9 Å². The molecular weight excluding hydrogens is 356 g/mol. The molecule has 0 unspecified atom stereocenters. The molecule has 2 aromatic carbocycles. The number of carboxylic acids is 1. The molecule has 6 nitrogen and oxygen atoms in total. The lowest BCUT2D eigenvalue weighted by Gasteiger charge is -2.32. The van der Waals surface area contributed by atoms with E-state index >= 15 is 0 Å². The fourth-order valence-electron chi connectivity index (χ4n) is 3.25. The quantitative estimate of drug-likeness (QED) is 0.825. The van der Waals surface area contributed by atoms with E-state index in [1.165, 1.54) is 5.56 Å². The van der Waals surface area contributed by atoms with Crippen molar-refractivity contribution >= 4 is 12.0 Å². The smallest absolute Gasteiger partial charge is 0.335 e. The van der Waals surface area contributed by atoms with Crippen LogP contribution in [0.15, 0.2) is 42.5 Å². The third-order valence-corrected chi connectivity index (χ3v) is 5.01. The molecule has 1 aliphatic rings. The topological polar surface area (TPSA) is 78.9 Å². The Hall–Kier alpha value is -3.02. The van der Waals surface area contributed by atoms with Gasteiger partial charge in [0.05, 0.1) is 5.56 Å². The summed E-state index contributed by atoms with van der Waals surface area (Å²) >= 11 is 0. The van der Waals surface area contributed by atoms with Crippen molar-refractivity contribution in [3.05, 3.63) is 64.7 Å². The number of amides is 2. The molecule has 0 aromatic heterocycles. The minimum absolute atomic E-state index is 0.104. The molecule has 0 spiro atoms. The van der Waals surface area contributed by atoms with E-state index in [1.54, 1.807) is 29.2 Å². The number of piperidine rings is 1. The van der Waals surface area contributed by atoms with Crippen molar-refractivity contribution in [2.24, 2.45) is 0 Å². The molecule has 2 aromatic rings. The van der Waals surface area contributed by atoms with Crippen LogP contribution in [0.2, 0.25) is 0 Å². The zero-order valence-corrected chi connectivity index (χ0v) is 16.3. The maximum absolute atomic E-state index is 12.4. The fourth-order valence-corrected chi connectivity index (χ4v) is 3.25. The van der Waals surface area contributed by atoms with Gasteiger partial charge in [-0.25, -0.2) is 9.59 Å². The van der Waals surface area contributed by atoms with Gasteiger partial charge in [0.1, 0.15) is 11.9 Å². The third-order valence-electron chi connectivity index (χ3n) is 5.01. The van der Waals surface area contributed by atoms with Crippen LogP contribution in [0.25, 0.3) is 0 Å². The van der Waals surface area contributed by atoms with Crippen LogP contribution >= 0.6 is 0 Å². The maximum atomic E-state index is 12.4. The van der Waals surface area contributed by atoms with E-state index < -0.39 is 5.97 Å². The molecule has 1 aliphatic heterocycles. The van der Waals surface area contributed by atoms with E-state index in [2.05, 4.69) is 30.4 Å². The SMILES string of the molecule is Cc1ccc(C)c(OC2CCN(C(=O)NCc3ccc(C(=O)O)cc3)CC2)c1. The Morgan fingerprint density at radius 3 is 2.43 bits per heavy atom. The molecule has 1 saturated heterocycles. The molecule has 2 N–H and O–H groups in total. The Balaban J connectivity index is 1.45. The monoisotopic (exact) mass is 382 g/mol. The number of hydrogen-bond acceptors (Lipinski definition) is 3. The molecule has 148 valence electrons. The lowest BCUT2D eigenvalue weighted by atomic mass is 10.1. The van der Waals surface area contributed by atoms with Crippen molar-refractivity contribution in [1.82, 2.24) is 10.2 Å². The first kappa shape index (κ1) is 19.7. The zero-order chi connectivity index (χ0) is 20.1. The number of carbonyl (C=O) groups excluding carboxylic acids is 1. The standard InChI is InChI=1S/C22H26N2O4/c1-15-3-4-16(2)20(13-15)28-19-9-11-24(12-10-19)22(27)23-14-17-5-7-18(8-6-17)21(25)26/h3-8,13,19H,9-12,14H2,1-2H3,(H,23,27)(H,25,26). The Morgan fingerprint density at radius 2 is 1.79 bits per heavy atom. The van der Waals surface area contributed by atoms with Gasteiger partial charge in [0.15, 0.2) is 0 Å². The number of aryl methyl sites for hydroxylation is 2. The predicted octanol–water partition coefficient (Wildman–Crippen LogP) is 3.75. The van der Waals surface area contributed by atoms with Gasteiger partial charge in [-0.15, -0.1) is 0 Å². The first-order chi connectivity index (χ1) is 13.4. The van der Waals surface area contributed by atoms with Gasteiger partial charge in [0, 0.05) is 32.5 Å². The first-order valence-corrected chi connectivity index (χ1v) is 9.51. The Bertz CT molecular complexity index is 840. The lowest BCUT2D eigenvalue weighted by molar-refractivity contribution is 0.0696. The van der Waals surface area contributed by atoms with Crippen molar-refractivity contribution in [2.75, 3.05) is 13.1 Å². The molecule has 28 heavy (non-hydrogen) atoms. The summed E-state index contributed by atoms with van der Waals surface area (Å²) in [5.74, 6) is -0.0331. The van der Waals surface area contributed by atoms with E-state index in [-0.39, 0.29) is 17.7 Å². The molecule has 2 amide bonds. The van der Waals surface area contributed by atoms with Gasteiger partial charge < -0.3 is 20.1 Å². The number of benzene rings is 2. The third kappa shape index (κ3) is 5.03. The number of urea groups is 1. The molecule has 0 aliphatic carbocycles. The van der Waals surface area contributed by atoms with Crippen molar-refractivity contribution in [3.8, 4) is 5.75 Å². The second kappa shape index (κ2) is 8.78. The highest BCUT2D eigenvalue weighted by molar-refractivity contribution is 5.87. The second-order valence-electron chi connectivity index (χ2n) is 7.23. The van der Waals surface area contributed by atoms with Crippen molar-refractivity contribution in [3.63, 3.8) is 0 Å². The molecule has 0 bridgehead atoms. The van der Waals surface area contributed by atoms with Crippen molar-refractivity contribution in [1.29, 1.82) is 0 Å². The fraction of sp³-hybridized carbons (Fsp3) is 0.364. The number of ether oxygens (including phenoxy) is 1. The van der Waals surface area contributed by atoms with Gasteiger partial charge in [-0.1, -0.05) is 24.3 Å². The lowest BCUT2D eigenvalue weighted by Crippen LogP contribution is -2.46. The van der Waals surface area contributed by atoms with Gasteiger partial charge in [0.25, 0.3) is 0 Å². The molecule has 0 saturated carbocycles. The molecular formula is C22H26N2O4. The summed E-state index contributed by atoms with van der Waals surface area (Å²) in [6, 6.07) is 12.6. The van der Waals surface area contributed by atoms with E-state index in [0.29, 0.717) is 19.6 Å². The van der Waals surface area contributed by atoms with Gasteiger partial charge >= 0.3 is 12.0 Å². The van der Waals surface area contributed by atoms with E-state index in [0.717, 1.165) is 29.7 Å². The van der Waals surface area contributed by atoms with Crippen molar-refractivity contribution in [2.45, 2.75) is 39.3 Å². The van der Waals surface area contributed by atoms with Crippen LogP contribution in [-0.4, -0.2) is 41.2 Å². The van der Waals surface area contributed by atoms with Crippen LogP contribution in [0.3, 0.4) is 0 Å². The van der Waals surface area contributed by atoms with Crippen molar-refractivity contribution < 1.29 is 19.4 Å². The van der Waals surface area contributed by atoms with Gasteiger partial charge in [0.2, 0.25) is 0 Å². The van der Waals surface area contributed by atoms with Crippen LogP contribution in [0, 0.1) is 13.8 Å². The molecule has 6 heteroatoms. The summed E-state index contributed by atoms with van der Waals surface area (Å²) in [5.41, 5.74) is 3.40. The predicted molar refractivity (Wildman–Crippen MR) is 107 cm³/mol. The van der Waals surface area contributed by atoms with Gasteiger partial charge in [-0.2, -0.15) is 0 Å². The summed E-state index contributed by atoms with van der Waals surface area (Å²) in [7, 11) is 0. The number of aromatic carboxylic acids is 1. The summed E-state index contributed by atoms with van der Waals surface area (Å²) < 4.78 is 6.15. The van der Waals surface area contributed by atoms with E-state index in [9.17, 15) is 9.59 Å². The minimum Gasteiger partial charge on any atom is -0.490 e. The molecule has 1 heterocycles. The average molecular weight is 382 g/mol. The Morgan fingerprint density at radius 1 is 1.11 bits per heavy atom. The summed E-state index contributed by atoms with van der Waals surface area (Å²) in [6.45, 7) is 5.77. The maximum Gasteiger partial charge on any atom is 0.335 e. The number of rotatable bonds is 5. The van der Waals surface area contributed by atoms with E-state index in [4.69, 9.17) is 9.84 Å². The summed E-state index contributed by atoms with van der Waals surface area (Å²) in [6.07, 6.45) is 1.72. The summed E-state index contributed by atoms with van der Waals surface area (Å²) in [4.78, 5) is 25.1. The van der Waals surface area contributed by atoms with Crippen LogP contribution in [0.5, 0.6) is 5.75 Å². The highest BCUT2D eigenvalue weighted by Gasteiger charge is 2.24. The highest BCUT2D eigenvalue weighted by Crippen LogP contribution is 2.24. The number of nitrogens with one attached hydrogen (secondary N) is 1. The first-order valence-electron chi connectivity index (χ1n) is 9.51. The zero-order valence-electron chi connectivity index (χ0n) is 16.3. The average Bonchev–Trinajstić information content (AvgIpc) is 2.70. The number of nitrogens with zero attached hydrogens (tertiary/aromatic N) is 1. The number of likely N-dealkylation sites (tertiary alicyclic amines) is 1. The van der Waals surface area contributed by atoms with Crippen LogP contribution < -0.4 is 10.1 Å². The summed E-state index contributed by atoms with van der Waals surface area (Å²) in [5, 5.41) is 11.8. The molecule has 3 rings (SSSR count). The highest BCUT2D eigenvalue weighted by atomic mass is 16.5. The largest absolute Gasteiger partial charge is 0.490 e. The molecule has 0 atom stereocenters. The van der Waals surface area contributed by atoms with E-state index in [1.807, 2.05) is 6.92 Å². The Kier molecular flexibility index (Phi) is 6.19. The molecule has 0 radical (unpaired) electrons.